The maximum atomic E-state index is 11.3. The van der Waals surface area contributed by atoms with E-state index in [1.165, 1.54) is 19.4 Å². The third-order valence-electron chi connectivity index (χ3n) is 3.52. The van der Waals surface area contributed by atoms with Crippen molar-refractivity contribution in [2.75, 3.05) is 0 Å². The maximum Gasteiger partial charge on any atom is 0.305 e. The Balaban J connectivity index is 3.13. The lowest BCUT2D eigenvalue weighted by molar-refractivity contribution is -0.178. The molecule has 0 amide bonds. The van der Waals surface area contributed by atoms with Crippen LogP contribution in [-0.4, -0.2) is 18.2 Å². The number of benzene rings is 1. The van der Waals surface area contributed by atoms with Crippen LogP contribution in [0.15, 0.2) is 29.8 Å². The second-order valence-electron chi connectivity index (χ2n) is 6.89. The normalized spacial score (nSPS) is 12.2. The first-order valence-corrected chi connectivity index (χ1v) is 8.29. The van der Waals surface area contributed by atoms with Gasteiger partial charge in [0.05, 0.1) is 0 Å². The molecule has 0 fully saturated rings. The van der Waals surface area contributed by atoms with Crippen LogP contribution in [0.2, 0.25) is 0 Å². The van der Waals surface area contributed by atoms with E-state index in [2.05, 4.69) is 32.9 Å². The van der Waals surface area contributed by atoms with Gasteiger partial charge in [0.25, 0.3) is 6.29 Å². The Kier molecular flexibility index (Phi) is 7.20. The summed E-state index contributed by atoms with van der Waals surface area (Å²) in [6.45, 7) is 11.1. The van der Waals surface area contributed by atoms with Crippen molar-refractivity contribution in [3.8, 4) is 0 Å². The Bertz CT molecular complexity index is 575. The highest BCUT2D eigenvalue weighted by Crippen LogP contribution is 2.24. The minimum atomic E-state index is -0.970. The Morgan fingerprint density at radius 2 is 1.54 bits per heavy atom. The summed E-state index contributed by atoms with van der Waals surface area (Å²) in [6.07, 6.45) is 2.48. The number of esters is 2. The quantitative estimate of drug-likeness (QED) is 0.563. The number of ether oxygens (including phenoxy) is 2. The molecule has 132 valence electrons. The summed E-state index contributed by atoms with van der Waals surface area (Å²) in [5.74, 6) is -0.960. The molecule has 0 spiro atoms. The third kappa shape index (κ3) is 6.57. The maximum absolute atomic E-state index is 11.3. The number of hydrogen-bond donors (Lipinski definition) is 0. The van der Waals surface area contributed by atoms with Crippen LogP contribution in [0.25, 0.3) is 6.08 Å². The second kappa shape index (κ2) is 8.67. The molecule has 4 nitrogen and oxygen atoms in total. The van der Waals surface area contributed by atoms with Gasteiger partial charge >= 0.3 is 11.9 Å². The Hall–Kier alpha value is -2.10. The lowest BCUT2D eigenvalue weighted by Gasteiger charge is -2.20. The van der Waals surface area contributed by atoms with Crippen molar-refractivity contribution in [3.05, 3.63) is 41.0 Å². The zero-order valence-corrected chi connectivity index (χ0v) is 15.5. The van der Waals surface area contributed by atoms with E-state index in [9.17, 15) is 9.59 Å². The molecule has 0 aliphatic rings. The molecule has 4 heteroatoms. The molecule has 0 aliphatic carbocycles. The smallest absolute Gasteiger partial charge is 0.305 e. The van der Waals surface area contributed by atoms with E-state index in [1.807, 2.05) is 25.1 Å². The number of carbonyl (C=O) groups excluding carboxylic acids is 2. The predicted molar refractivity (Wildman–Crippen MR) is 95.3 cm³/mol. The Morgan fingerprint density at radius 1 is 1.04 bits per heavy atom. The molecule has 0 N–H and O–H groups in total. The third-order valence-corrected chi connectivity index (χ3v) is 3.52. The van der Waals surface area contributed by atoms with Crippen molar-refractivity contribution in [1.29, 1.82) is 0 Å². The van der Waals surface area contributed by atoms with E-state index < -0.39 is 18.2 Å². The molecule has 0 radical (unpaired) electrons. The molecular formula is C20H28O4. The fourth-order valence-electron chi connectivity index (χ4n) is 2.32. The molecule has 0 unspecified atom stereocenters. The summed E-state index contributed by atoms with van der Waals surface area (Å²) >= 11 is 0. The van der Waals surface area contributed by atoms with Gasteiger partial charge in [-0.1, -0.05) is 58.4 Å². The summed E-state index contributed by atoms with van der Waals surface area (Å²) in [5.41, 5.74) is 3.09. The van der Waals surface area contributed by atoms with Gasteiger partial charge in [-0.25, -0.2) is 0 Å². The van der Waals surface area contributed by atoms with Gasteiger partial charge in [0.2, 0.25) is 0 Å². The van der Waals surface area contributed by atoms with Crippen molar-refractivity contribution in [1.82, 2.24) is 0 Å². The minimum absolute atomic E-state index is 0.0898. The molecular weight excluding hydrogens is 304 g/mol. The first kappa shape index (κ1) is 19.9. The number of carbonyl (C=O) groups is 2. The van der Waals surface area contributed by atoms with E-state index in [0.717, 1.165) is 17.6 Å². The van der Waals surface area contributed by atoms with Crippen molar-refractivity contribution in [3.63, 3.8) is 0 Å². The van der Waals surface area contributed by atoms with Crippen LogP contribution in [0.5, 0.6) is 0 Å². The van der Waals surface area contributed by atoms with Crippen molar-refractivity contribution < 1.29 is 19.1 Å². The van der Waals surface area contributed by atoms with E-state index in [4.69, 9.17) is 9.47 Å². The predicted octanol–water partition coefficient (Wildman–Crippen LogP) is 4.62. The van der Waals surface area contributed by atoms with Gasteiger partial charge in [-0.15, -0.1) is 0 Å². The number of hydrogen-bond acceptors (Lipinski definition) is 4. The molecule has 0 bridgehead atoms. The second-order valence-corrected chi connectivity index (χ2v) is 6.89. The SMILES string of the molecule is CCCC(=Cc1ccc(C(C)(C)C)cc1)C(OC(C)=O)OC(C)=O. The molecule has 0 saturated heterocycles. The van der Waals surface area contributed by atoms with Crippen LogP contribution < -0.4 is 0 Å². The molecule has 0 aliphatic heterocycles. The van der Waals surface area contributed by atoms with Gasteiger partial charge < -0.3 is 9.47 Å². The molecule has 1 aromatic carbocycles. The summed E-state index contributed by atoms with van der Waals surface area (Å²) in [5, 5.41) is 0. The molecule has 24 heavy (non-hydrogen) atoms. The highest BCUT2D eigenvalue weighted by molar-refractivity contribution is 5.69. The average Bonchev–Trinajstić information content (AvgIpc) is 2.44. The highest BCUT2D eigenvalue weighted by Gasteiger charge is 2.20. The lowest BCUT2D eigenvalue weighted by atomic mass is 9.86. The van der Waals surface area contributed by atoms with Crippen molar-refractivity contribution in [2.45, 2.75) is 66.1 Å². The van der Waals surface area contributed by atoms with Gasteiger partial charge in [-0.2, -0.15) is 0 Å². The standard InChI is InChI=1S/C20H28O4/c1-7-8-17(19(23-14(2)21)24-15(3)22)13-16-9-11-18(12-10-16)20(4,5)6/h9-13,19H,7-8H2,1-6H3. The zero-order valence-electron chi connectivity index (χ0n) is 15.5. The van der Waals surface area contributed by atoms with Gasteiger partial charge in [0.1, 0.15) is 0 Å². The van der Waals surface area contributed by atoms with Gasteiger partial charge in [0, 0.05) is 19.4 Å². The average molecular weight is 332 g/mol. The van der Waals surface area contributed by atoms with Gasteiger partial charge in [-0.3, -0.25) is 9.59 Å². The molecule has 1 aromatic rings. The van der Waals surface area contributed by atoms with Crippen LogP contribution in [0.3, 0.4) is 0 Å². The topological polar surface area (TPSA) is 52.6 Å². The van der Waals surface area contributed by atoms with E-state index in [0.29, 0.717) is 6.42 Å². The van der Waals surface area contributed by atoms with Crippen LogP contribution in [0.1, 0.15) is 65.5 Å². The Labute approximate surface area is 144 Å². The fourth-order valence-corrected chi connectivity index (χ4v) is 2.32. The zero-order chi connectivity index (χ0) is 18.3. The first-order chi connectivity index (χ1) is 11.1. The summed E-state index contributed by atoms with van der Waals surface area (Å²) in [6, 6.07) is 8.22. The highest BCUT2D eigenvalue weighted by atomic mass is 16.7. The molecule has 1 rings (SSSR count). The van der Waals surface area contributed by atoms with Gasteiger partial charge in [-0.05, 0) is 29.0 Å². The van der Waals surface area contributed by atoms with Crippen molar-refractivity contribution >= 4 is 18.0 Å². The summed E-state index contributed by atoms with van der Waals surface area (Å²) in [4.78, 5) is 22.6. The summed E-state index contributed by atoms with van der Waals surface area (Å²) < 4.78 is 10.4. The molecule has 0 aromatic heterocycles. The largest absolute Gasteiger partial charge is 0.421 e. The first-order valence-electron chi connectivity index (χ1n) is 8.29. The molecule has 0 saturated carbocycles. The van der Waals surface area contributed by atoms with Crippen LogP contribution in [-0.2, 0) is 24.5 Å². The van der Waals surface area contributed by atoms with E-state index in [1.54, 1.807) is 0 Å². The van der Waals surface area contributed by atoms with Gasteiger partial charge in [0.15, 0.2) is 0 Å². The minimum Gasteiger partial charge on any atom is -0.421 e. The monoisotopic (exact) mass is 332 g/mol. The summed E-state index contributed by atoms with van der Waals surface area (Å²) in [7, 11) is 0. The number of rotatable bonds is 6. The van der Waals surface area contributed by atoms with Crippen LogP contribution in [0.4, 0.5) is 0 Å². The van der Waals surface area contributed by atoms with E-state index >= 15 is 0 Å². The van der Waals surface area contributed by atoms with E-state index in [-0.39, 0.29) is 5.41 Å². The van der Waals surface area contributed by atoms with Crippen LogP contribution in [0, 0.1) is 0 Å². The molecule has 0 atom stereocenters. The van der Waals surface area contributed by atoms with Crippen molar-refractivity contribution in [2.24, 2.45) is 0 Å². The lowest BCUT2D eigenvalue weighted by Crippen LogP contribution is -2.24. The molecule has 0 heterocycles. The Morgan fingerprint density at radius 3 is 1.92 bits per heavy atom. The van der Waals surface area contributed by atoms with Crippen LogP contribution >= 0.6 is 0 Å². The fraction of sp³-hybridized carbons (Fsp3) is 0.500.